The average molecular weight is 291 g/mol. The number of alkyl halides is 3. The second kappa shape index (κ2) is 5.31. The lowest BCUT2D eigenvalue weighted by atomic mass is 10.0. The highest BCUT2D eigenvalue weighted by molar-refractivity contribution is 6.69. The molecule has 0 radical (unpaired) electrons. The van der Waals surface area contributed by atoms with Crippen LogP contribution in [0.2, 0.25) is 19.6 Å². The number of rotatable bonds is 3. The zero-order valence-electron chi connectivity index (χ0n) is 10.7. The van der Waals surface area contributed by atoms with Gasteiger partial charge in [0.15, 0.2) is 14.4 Å². The van der Waals surface area contributed by atoms with Gasteiger partial charge in [0.1, 0.15) is 5.82 Å². The van der Waals surface area contributed by atoms with Crippen molar-refractivity contribution < 1.29 is 22.0 Å². The van der Waals surface area contributed by atoms with Gasteiger partial charge in [0, 0.05) is 5.56 Å². The Hall–Kier alpha value is -1.39. The molecule has 0 bridgehead atoms. The van der Waals surface area contributed by atoms with Crippen molar-refractivity contribution in [3.63, 3.8) is 0 Å². The van der Waals surface area contributed by atoms with Crippen LogP contribution in [0.4, 0.5) is 17.6 Å². The Morgan fingerprint density at radius 3 is 2.26 bits per heavy atom. The lowest BCUT2D eigenvalue weighted by Gasteiger charge is -2.24. The van der Waals surface area contributed by atoms with E-state index in [0.29, 0.717) is 6.07 Å². The minimum atomic E-state index is -4.73. The average Bonchev–Trinajstić information content (AvgIpc) is 2.23. The highest BCUT2D eigenvalue weighted by atomic mass is 28.4. The molecule has 0 saturated heterocycles. The van der Waals surface area contributed by atoms with Crippen molar-refractivity contribution >= 4 is 8.32 Å². The molecule has 19 heavy (non-hydrogen) atoms. The fourth-order valence-corrected chi connectivity index (χ4v) is 2.40. The van der Waals surface area contributed by atoms with Crippen molar-refractivity contribution in [2.24, 2.45) is 0 Å². The summed E-state index contributed by atoms with van der Waals surface area (Å²) in [6.07, 6.45) is -6.07. The molecule has 0 aliphatic heterocycles. The molecule has 1 rings (SSSR count). The normalized spacial score (nSPS) is 14.0. The van der Waals surface area contributed by atoms with Crippen LogP contribution in [0.1, 0.15) is 17.2 Å². The van der Waals surface area contributed by atoms with Gasteiger partial charge in [-0.1, -0.05) is 6.07 Å². The van der Waals surface area contributed by atoms with E-state index in [1.807, 2.05) is 0 Å². The first-order valence-electron chi connectivity index (χ1n) is 5.48. The molecule has 0 N–H and O–H groups in total. The molecule has 0 saturated carbocycles. The Morgan fingerprint density at radius 1 is 1.26 bits per heavy atom. The Morgan fingerprint density at radius 2 is 1.84 bits per heavy atom. The monoisotopic (exact) mass is 291 g/mol. The van der Waals surface area contributed by atoms with Gasteiger partial charge < -0.3 is 4.43 Å². The van der Waals surface area contributed by atoms with Gasteiger partial charge in [-0.25, -0.2) is 4.39 Å². The maximum absolute atomic E-state index is 13.0. The van der Waals surface area contributed by atoms with Crippen molar-refractivity contribution in [2.45, 2.75) is 31.9 Å². The van der Waals surface area contributed by atoms with Gasteiger partial charge in [0.05, 0.1) is 11.6 Å². The lowest BCUT2D eigenvalue weighted by molar-refractivity contribution is -0.139. The maximum Gasteiger partial charge on any atom is 0.416 e. The van der Waals surface area contributed by atoms with Gasteiger partial charge in [-0.05, 0) is 31.8 Å². The number of hydrogen-bond acceptors (Lipinski definition) is 2. The van der Waals surface area contributed by atoms with Crippen LogP contribution in [0.15, 0.2) is 18.2 Å². The molecular weight excluding hydrogens is 278 g/mol. The number of nitrogens with zero attached hydrogens (tertiary/aromatic N) is 1. The van der Waals surface area contributed by atoms with Crippen LogP contribution in [-0.4, -0.2) is 8.32 Å². The van der Waals surface area contributed by atoms with Gasteiger partial charge in [0.25, 0.3) is 0 Å². The SMILES string of the molecule is C[Si](C)(C)OC(C#N)c1ccc(F)cc1C(F)(F)F. The molecule has 0 aliphatic carbocycles. The van der Waals surface area contributed by atoms with Crippen LogP contribution >= 0.6 is 0 Å². The molecular formula is C12H13F4NOSi. The molecule has 2 nitrogen and oxygen atoms in total. The molecule has 1 atom stereocenters. The molecule has 104 valence electrons. The van der Waals surface area contributed by atoms with Gasteiger partial charge in [-0.2, -0.15) is 18.4 Å². The number of nitriles is 1. The highest BCUT2D eigenvalue weighted by Crippen LogP contribution is 2.36. The quantitative estimate of drug-likeness (QED) is 0.615. The van der Waals surface area contributed by atoms with Crippen molar-refractivity contribution in [1.29, 1.82) is 5.26 Å². The fourth-order valence-electron chi connectivity index (χ4n) is 1.52. The minimum absolute atomic E-state index is 0.348. The van der Waals surface area contributed by atoms with Crippen molar-refractivity contribution in [3.8, 4) is 6.07 Å². The third-order valence-corrected chi connectivity index (χ3v) is 3.13. The van der Waals surface area contributed by atoms with E-state index in [2.05, 4.69) is 0 Å². The van der Waals surface area contributed by atoms with Gasteiger partial charge in [-0.15, -0.1) is 0 Å². The summed E-state index contributed by atoms with van der Waals surface area (Å²) in [5, 5.41) is 8.99. The molecule has 0 spiro atoms. The lowest BCUT2D eigenvalue weighted by Crippen LogP contribution is -2.28. The van der Waals surface area contributed by atoms with E-state index in [0.717, 1.165) is 12.1 Å². The van der Waals surface area contributed by atoms with Crippen LogP contribution in [0, 0.1) is 17.1 Å². The summed E-state index contributed by atoms with van der Waals surface area (Å²) < 4.78 is 56.9. The van der Waals surface area contributed by atoms with Crippen molar-refractivity contribution in [3.05, 3.63) is 35.1 Å². The van der Waals surface area contributed by atoms with Crippen LogP contribution < -0.4 is 0 Å². The second-order valence-corrected chi connectivity index (χ2v) is 9.43. The molecule has 0 fully saturated rings. The van der Waals surface area contributed by atoms with E-state index in [4.69, 9.17) is 9.69 Å². The van der Waals surface area contributed by atoms with Crippen LogP contribution in [-0.2, 0) is 10.6 Å². The van der Waals surface area contributed by atoms with E-state index in [-0.39, 0.29) is 5.56 Å². The summed E-state index contributed by atoms with van der Waals surface area (Å²) in [6, 6.07) is 3.92. The number of hydrogen-bond donors (Lipinski definition) is 0. The number of halogens is 4. The predicted octanol–water partition coefficient (Wildman–Crippen LogP) is 4.26. The van der Waals surface area contributed by atoms with E-state index in [1.165, 1.54) is 0 Å². The zero-order valence-corrected chi connectivity index (χ0v) is 11.7. The minimum Gasteiger partial charge on any atom is -0.399 e. The third-order valence-electron chi connectivity index (χ3n) is 2.19. The molecule has 0 heterocycles. The standard InChI is InChI=1S/C12H13F4NOSi/c1-19(2,3)18-11(7-17)9-5-4-8(13)6-10(9)12(14,15)16/h4-6,11H,1-3H3. The zero-order chi connectivity index (χ0) is 14.8. The van der Waals surface area contributed by atoms with Gasteiger partial charge in [-0.3, -0.25) is 0 Å². The van der Waals surface area contributed by atoms with Gasteiger partial charge in [0.2, 0.25) is 0 Å². The first-order valence-corrected chi connectivity index (χ1v) is 8.89. The van der Waals surface area contributed by atoms with Crippen molar-refractivity contribution in [2.75, 3.05) is 0 Å². The molecule has 1 unspecified atom stereocenters. The summed E-state index contributed by atoms with van der Waals surface area (Å²) in [4.78, 5) is 0. The Labute approximate surface area is 109 Å². The third kappa shape index (κ3) is 4.33. The predicted molar refractivity (Wildman–Crippen MR) is 64.2 cm³/mol. The van der Waals surface area contributed by atoms with E-state index in [1.54, 1.807) is 25.7 Å². The van der Waals surface area contributed by atoms with Gasteiger partial charge >= 0.3 is 6.18 Å². The summed E-state index contributed by atoms with van der Waals surface area (Å²) in [7, 11) is -2.20. The van der Waals surface area contributed by atoms with Crippen LogP contribution in [0.25, 0.3) is 0 Å². The second-order valence-electron chi connectivity index (χ2n) is 4.97. The largest absolute Gasteiger partial charge is 0.416 e. The summed E-state index contributed by atoms with van der Waals surface area (Å²) in [5.74, 6) is -0.999. The topological polar surface area (TPSA) is 33.0 Å². The molecule has 1 aromatic carbocycles. The molecule has 7 heteroatoms. The maximum atomic E-state index is 13.0. The Balaban J connectivity index is 3.29. The first-order chi connectivity index (χ1) is 8.54. The van der Waals surface area contributed by atoms with E-state index in [9.17, 15) is 17.6 Å². The van der Waals surface area contributed by atoms with E-state index >= 15 is 0 Å². The smallest absolute Gasteiger partial charge is 0.399 e. The highest BCUT2D eigenvalue weighted by Gasteiger charge is 2.37. The first kappa shape index (κ1) is 15.7. The molecule has 0 aliphatic rings. The Bertz CT molecular complexity index is 502. The van der Waals surface area contributed by atoms with Crippen LogP contribution in [0.5, 0.6) is 0 Å². The summed E-state index contributed by atoms with van der Waals surface area (Å²) >= 11 is 0. The molecule has 1 aromatic rings. The summed E-state index contributed by atoms with van der Waals surface area (Å²) in [5.41, 5.74) is -1.52. The Kier molecular flexibility index (Phi) is 4.38. The van der Waals surface area contributed by atoms with Crippen LogP contribution in [0.3, 0.4) is 0 Å². The molecule has 0 amide bonds. The van der Waals surface area contributed by atoms with Crippen molar-refractivity contribution in [1.82, 2.24) is 0 Å². The number of benzene rings is 1. The fraction of sp³-hybridized carbons (Fsp3) is 0.417. The van der Waals surface area contributed by atoms with E-state index < -0.39 is 32.0 Å². The summed E-state index contributed by atoms with van der Waals surface area (Å²) in [6.45, 7) is 5.27. The molecule has 0 aromatic heterocycles.